The van der Waals surface area contributed by atoms with Crippen LogP contribution in [0.25, 0.3) is 11.1 Å². The molecule has 1 amide bonds. The standard InChI is InChI=1S/C22H24ClFN2O4.Li.H/c1-22(2,3)30-21(29)26-17-9-7-15(23)19(24)18(17)13-6-8-16(25-11-13)14(20(27)28)10-12-4-5-12;;/h6-9,11-12,14H,4-5,10H2,1-3H3,(H,26,29)(H,27,28);;/q;+1;-1. The first kappa shape index (κ1) is 25.2. The maximum Gasteiger partial charge on any atom is 1.00 e. The third-order valence-corrected chi connectivity index (χ3v) is 5.02. The van der Waals surface area contributed by atoms with Crippen molar-refractivity contribution in [2.45, 2.75) is 51.6 Å². The second-order valence-electron chi connectivity index (χ2n) is 8.45. The van der Waals surface area contributed by atoms with Gasteiger partial charge in [-0.05, 0) is 51.3 Å². The van der Waals surface area contributed by atoms with E-state index in [1.165, 1.54) is 18.3 Å². The molecular weight excluding hydrogens is 418 g/mol. The van der Waals surface area contributed by atoms with E-state index in [2.05, 4.69) is 10.3 Å². The fourth-order valence-corrected chi connectivity index (χ4v) is 3.30. The Hall–Kier alpha value is -2.07. The van der Waals surface area contributed by atoms with Crippen molar-refractivity contribution in [1.82, 2.24) is 4.98 Å². The van der Waals surface area contributed by atoms with E-state index in [-0.39, 0.29) is 36.6 Å². The summed E-state index contributed by atoms with van der Waals surface area (Å²) in [4.78, 5) is 28.1. The summed E-state index contributed by atoms with van der Waals surface area (Å²) in [5, 5.41) is 12.0. The summed E-state index contributed by atoms with van der Waals surface area (Å²) < 4.78 is 20.1. The van der Waals surface area contributed by atoms with E-state index in [1.54, 1.807) is 32.9 Å². The van der Waals surface area contributed by atoms with Gasteiger partial charge < -0.3 is 11.3 Å². The quantitative estimate of drug-likeness (QED) is 0.671. The normalized spacial score (nSPS) is 14.4. The number of nitrogens with one attached hydrogen (secondary N) is 1. The molecule has 6 nitrogen and oxygen atoms in total. The number of benzene rings is 1. The molecule has 0 aliphatic heterocycles. The Kier molecular flexibility index (Phi) is 8.15. The molecule has 2 aromatic rings. The summed E-state index contributed by atoms with van der Waals surface area (Å²) in [5.41, 5.74) is 0.295. The van der Waals surface area contributed by atoms with Crippen molar-refractivity contribution in [3.63, 3.8) is 0 Å². The van der Waals surface area contributed by atoms with Gasteiger partial charge in [-0.1, -0.05) is 30.5 Å². The number of aromatic nitrogens is 1. The zero-order valence-corrected chi connectivity index (χ0v) is 18.8. The topological polar surface area (TPSA) is 88.5 Å². The SMILES string of the molecule is CC(C)(C)OC(=O)Nc1ccc(Cl)c(F)c1-c1ccc(C(CC2CC2)C(=O)O)nc1.[H-].[Li+]. The van der Waals surface area contributed by atoms with Crippen molar-refractivity contribution in [3.8, 4) is 11.1 Å². The third kappa shape index (κ3) is 6.70. The van der Waals surface area contributed by atoms with Crippen LogP contribution in [0.5, 0.6) is 0 Å². The van der Waals surface area contributed by atoms with Crippen molar-refractivity contribution in [2.24, 2.45) is 5.92 Å². The molecule has 1 saturated carbocycles. The predicted molar refractivity (Wildman–Crippen MR) is 113 cm³/mol. The molecule has 1 unspecified atom stereocenters. The number of hydrogen-bond donors (Lipinski definition) is 2. The van der Waals surface area contributed by atoms with Gasteiger partial charge in [-0.3, -0.25) is 15.1 Å². The summed E-state index contributed by atoms with van der Waals surface area (Å²) in [6, 6.07) is 5.98. The second-order valence-corrected chi connectivity index (χ2v) is 8.86. The molecule has 9 heteroatoms. The summed E-state index contributed by atoms with van der Waals surface area (Å²) in [6.07, 6.45) is 3.28. The number of rotatable bonds is 6. The van der Waals surface area contributed by atoms with E-state index in [9.17, 15) is 19.1 Å². The van der Waals surface area contributed by atoms with Gasteiger partial charge in [0.25, 0.3) is 0 Å². The van der Waals surface area contributed by atoms with Crippen molar-refractivity contribution in [3.05, 3.63) is 47.0 Å². The van der Waals surface area contributed by atoms with Gasteiger partial charge in [0.05, 0.1) is 22.3 Å². The molecule has 2 N–H and O–H groups in total. The number of amides is 1. The fourth-order valence-electron chi connectivity index (χ4n) is 3.14. The Morgan fingerprint density at radius 2 is 2.00 bits per heavy atom. The summed E-state index contributed by atoms with van der Waals surface area (Å²) in [5.74, 6) is -1.92. The first-order valence-electron chi connectivity index (χ1n) is 9.72. The smallest absolute Gasteiger partial charge is 1.00 e. The molecule has 162 valence electrons. The largest absolute Gasteiger partial charge is 1.00 e. The van der Waals surface area contributed by atoms with E-state index in [0.29, 0.717) is 23.6 Å². The Bertz CT molecular complexity index is 966. The number of ether oxygens (including phenoxy) is 1. The monoisotopic (exact) mass is 442 g/mol. The van der Waals surface area contributed by atoms with E-state index in [4.69, 9.17) is 16.3 Å². The average Bonchev–Trinajstić information content (AvgIpc) is 3.46. The molecule has 3 rings (SSSR count). The first-order chi connectivity index (χ1) is 14.0. The number of halogens is 2. The number of carbonyl (C=O) groups is 2. The maximum absolute atomic E-state index is 14.9. The van der Waals surface area contributed by atoms with Crippen molar-refractivity contribution in [2.75, 3.05) is 5.32 Å². The molecule has 1 heterocycles. The summed E-state index contributed by atoms with van der Waals surface area (Å²) in [6.45, 7) is 5.16. The minimum atomic E-state index is -0.927. The van der Waals surface area contributed by atoms with Gasteiger partial charge >= 0.3 is 30.9 Å². The van der Waals surface area contributed by atoms with Gasteiger partial charge in [0.2, 0.25) is 0 Å². The molecular formula is C22H25ClFLiN2O4. The number of aliphatic carboxylic acids is 1. The zero-order chi connectivity index (χ0) is 22.1. The Balaban J connectivity index is 0.00000256. The van der Waals surface area contributed by atoms with E-state index in [0.717, 1.165) is 12.8 Å². The van der Waals surface area contributed by atoms with Crippen LogP contribution >= 0.6 is 11.6 Å². The molecule has 0 radical (unpaired) electrons. The minimum Gasteiger partial charge on any atom is -1.00 e. The van der Waals surface area contributed by atoms with Gasteiger partial charge in [-0.2, -0.15) is 0 Å². The summed E-state index contributed by atoms with van der Waals surface area (Å²) in [7, 11) is 0. The van der Waals surface area contributed by atoms with Crippen LogP contribution in [0.2, 0.25) is 5.02 Å². The number of pyridine rings is 1. The van der Waals surface area contributed by atoms with Crippen LogP contribution in [0, 0.1) is 11.7 Å². The van der Waals surface area contributed by atoms with Crippen LogP contribution in [0.4, 0.5) is 14.9 Å². The minimum absolute atomic E-state index is 0. The predicted octanol–water partition coefficient (Wildman–Crippen LogP) is 2.97. The Morgan fingerprint density at radius 1 is 1.32 bits per heavy atom. The Morgan fingerprint density at radius 3 is 2.52 bits per heavy atom. The van der Waals surface area contributed by atoms with Gasteiger partial charge in [0.15, 0.2) is 5.82 Å². The molecule has 1 aromatic carbocycles. The number of nitrogens with zero attached hydrogens (tertiary/aromatic N) is 1. The molecule has 1 aliphatic carbocycles. The van der Waals surface area contributed by atoms with Gasteiger partial charge in [-0.15, -0.1) is 0 Å². The van der Waals surface area contributed by atoms with Crippen LogP contribution in [0.3, 0.4) is 0 Å². The van der Waals surface area contributed by atoms with Crippen LogP contribution in [-0.2, 0) is 9.53 Å². The van der Waals surface area contributed by atoms with Crippen LogP contribution in [0.1, 0.15) is 53.1 Å². The van der Waals surface area contributed by atoms with E-state index < -0.39 is 29.4 Å². The maximum atomic E-state index is 14.9. The molecule has 31 heavy (non-hydrogen) atoms. The first-order valence-corrected chi connectivity index (χ1v) is 10.1. The van der Waals surface area contributed by atoms with Crippen molar-refractivity contribution < 1.29 is 44.1 Å². The van der Waals surface area contributed by atoms with Crippen LogP contribution < -0.4 is 24.2 Å². The number of anilines is 1. The number of carbonyl (C=O) groups excluding carboxylic acids is 1. The molecule has 1 fully saturated rings. The van der Waals surface area contributed by atoms with E-state index >= 15 is 0 Å². The van der Waals surface area contributed by atoms with Gasteiger partial charge in [-0.25, -0.2) is 9.18 Å². The van der Waals surface area contributed by atoms with Crippen molar-refractivity contribution >= 4 is 29.4 Å². The molecule has 1 aliphatic rings. The van der Waals surface area contributed by atoms with E-state index in [1.807, 2.05) is 0 Å². The Labute approximate surface area is 199 Å². The van der Waals surface area contributed by atoms with Crippen LogP contribution in [0.15, 0.2) is 30.5 Å². The number of carboxylic acid groups (broad SMARTS) is 1. The second kappa shape index (κ2) is 10.0. The molecule has 1 aromatic heterocycles. The molecule has 0 saturated heterocycles. The number of hydrogen-bond acceptors (Lipinski definition) is 4. The average molecular weight is 443 g/mol. The zero-order valence-electron chi connectivity index (χ0n) is 19.0. The number of carboxylic acids is 1. The molecule has 1 atom stereocenters. The molecule has 0 bridgehead atoms. The van der Waals surface area contributed by atoms with Crippen molar-refractivity contribution in [1.29, 1.82) is 0 Å². The van der Waals surface area contributed by atoms with Gasteiger partial charge in [0, 0.05) is 17.3 Å². The third-order valence-electron chi connectivity index (χ3n) is 4.73. The molecule has 0 spiro atoms. The van der Waals surface area contributed by atoms with Gasteiger partial charge in [0.1, 0.15) is 5.60 Å². The van der Waals surface area contributed by atoms with Crippen LogP contribution in [-0.4, -0.2) is 27.8 Å². The summed E-state index contributed by atoms with van der Waals surface area (Å²) >= 11 is 5.95. The fraction of sp³-hybridized carbons (Fsp3) is 0.409.